The Labute approximate surface area is 188 Å². The molecule has 1 aliphatic heterocycles. The van der Waals surface area contributed by atoms with Gasteiger partial charge in [-0.05, 0) is 74.2 Å². The quantitative estimate of drug-likeness (QED) is 0.468. The van der Waals surface area contributed by atoms with Crippen LogP contribution in [0.5, 0.6) is 11.5 Å². The van der Waals surface area contributed by atoms with Crippen LogP contribution in [0.15, 0.2) is 36.4 Å². The molecule has 0 spiro atoms. The molecular weight excluding hydrogens is 427 g/mol. The Morgan fingerprint density at radius 1 is 0.968 bits per heavy atom. The van der Waals surface area contributed by atoms with Crippen LogP contribution in [0.2, 0.25) is 5.02 Å². The average molecular weight is 458 g/mol. The fourth-order valence-corrected chi connectivity index (χ4v) is 4.18. The summed E-state index contributed by atoms with van der Waals surface area (Å²) in [6, 6.07) is 10.3. The Morgan fingerprint density at radius 3 is 2.13 bits per heavy atom. The Balaban J connectivity index is 0.00000166. The zero-order valence-corrected chi connectivity index (χ0v) is 19.5. The fraction of sp³-hybridized carbons (Fsp3) is 0.500. The molecule has 3 nitrogen and oxygen atoms in total. The molecule has 1 heterocycles. The molecule has 1 atom stereocenters. The van der Waals surface area contributed by atoms with Gasteiger partial charge in [0.05, 0.1) is 24.8 Å². The van der Waals surface area contributed by atoms with Crippen molar-refractivity contribution in [3.8, 4) is 11.5 Å². The third kappa shape index (κ3) is 6.07. The highest BCUT2D eigenvalue weighted by Gasteiger charge is 2.34. The molecule has 7 heteroatoms. The molecule has 172 valence electrons. The maximum absolute atomic E-state index is 13.2. The third-order valence-corrected chi connectivity index (χ3v) is 6.06. The molecule has 3 rings (SSSR count). The van der Waals surface area contributed by atoms with Crippen LogP contribution in [-0.2, 0) is 6.18 Å². The largest absolute Gasteiger partial charge is 0.493 e. The van der Waals surface area contributed by atoms with Crippen LogP contribution < -0.4 is 9.47 Å². The number of rotatable bonds is 5. The molecule has 1 aliphatic rings. The number of methoxy groups -OCH3 is 2. The molecular formula is C24H31ClF3NO2. The molecule has 1 unspecified atom stereocenters. The normalized spacial score (nSPS) is 16.3. The Bertz CT molecular complexity index is 849. The number of likely N-dealkylation sites (tertiary alicyclic amines) is 1. The second-order valence-electron chi connectivity index (χ2n) is 7.34. The summed E-state index contributed by atoms with van der Waals surface area (Å²) < 4.78 is 50.2. The Hall–Kier alpha value is -1.92. The molecule has 2 aromatic carbocycles. The lowest BCUT2D eigenvalue weighted by molar-refractivity contribution is -0.137. The van der Waals surface area contributed by atoms with Crippen molar-refractivity contribution in [2.75, 3.05) is 27.3 Å². The van der Waals surface area contributed by atoms with Gasteiger partial charge in [-0.2, -0.15) is 13.2 Å². The number of alkyl halides is 3. The van der Waals surface area contributed by atoms with Gasteiger partial charge in [-0.15, -0.1) is 0 Å². The standard InChI is InChI=1S/C22H25ClF3NO2.C2H6/c1-14(16-5-7-20(28-2)21(13-16)29-3)27-10-8-15(9-11-27)17-4-6-19(23)18(12-17)22(24,25)26;1-2/h4-7,12-15H,8-11H2,1-3H3;1-2H3. The summed E-state index contributed by atoms with van der Waals surface area (Å²) in [4.78, 5) is 2.35. The van der Waals surface area contributed by atoms with Crippen molar-refractivity contribution >= 4 is 11.6 Å². The minimum atomic E-state index is -4.43. The van der Waals surface area contributed by atoms with E-state index < -0.39 is 11.7 Å². The lowest BCUT2D eigenvalue weighted by Crippen LogP contribution is -2.35. The number of ether oxygens (including phenoxy) is 2. The van der Waals surface area contributed by atoms with E-state index in [0.717, 1.165) is 31.5 Å². The first-order chi connectivity index (χ1) is 14.7. The van der Waals surface area contributed by atoms with E-state index in [4.69, 9.17) is 21.1 Å². The molecule has 0 aliphatic carbocycles. The van der Waals surface area contributed by atoms with E-state index in [0.29, 0.717) is 17.1 Å². The predicted octanol–water partition coefficient (Wildman–Crippen LogP) is 7.34. The molecule has 2 aromatic rings. The summed E-state index contributed by atoms with van der Waals surface area (Å²) in [6.45, 7) is 7.75. The number of halogens is 4. The average Bonchev–Trinajstić information content (AvgIpc) is 2.79. The molecule has 0 saturated carbocycles. The second-order valence-corrected chi connectivity index (χ2v) is 7.74. The van der Waals surface area contributed by atoms with Gasteiger partial charge in [-0.25, -0.2) is 0 Å². The summed E-state index contributed by atoms with van der Waals surface area (Å²) in [5.41, 5.74) is 1.07. The Morgan fingerprint density at radius 2 is 1.58 bits per heavy atom. The van der Waals surface area contributed by atoms with Gasteiger partial charge in [0.2, 0.25) is 0 Å². The van der Waals surface area contributed by atoms with E-state index in [9.17, 15) is 13.2 Å². The molecule has 0 bridgehead atoms. The topological polar surface area (TPSA) is 21.7 Å². The lowest BCUT2D eigenvalue weighted by Gasteiger charge is -2.36. The molecule has 0 aromatic heterocycles. The first-order valence-corrected chi connectivity index (χ1v) is 10.9. The van der Waals surface area contributed by atoms with E-state index in [2.05, 4.69) is 11.8 Å². The van der Waals surface area contributed by atoms with Crippen molar-refractivity contribution in [3.63, 3.8) is 0 Å². The van der Waals surface area contributed by atoms with E-state index in [1.807, 2.05) is 32.0 Å². The van der Waals surface area contributed by atoms with E-state index in [1.54, 1.807) is 20.3 Å². The maximum atomic E-state index is 13.2. The number of hydrogen-bond donors (Lipinski definition) is 0. The Kier molecular flexibility index (Phi) is 9.07. The highest BCUT2D eigenvalue weighted by atomic mass is 35.5. The maximum Gasteiger partial charge on any atom is 0.417 e. The summed E-state index contributed by atoms with van der Waals surface area (Å²) in [5.74, 6) is 1.47. The molecule has 31 heavy (non-hydrogen) atoms. The van der Waals surface area contributed by atoms with Gasteiger partial charge in [0.25, 0.3) is 0 Å². The molecule has 0 radical (unpaired) electrons. The highest BCUT2D eigenvalue weighted by Crippen LogP contribution is 2.39. The van der Waals surface area contributed by atoms with Crippen LogP contribution in [0.4, 0.5) is 13.2 Å². The number of piperidine rings is 1. The lowest BCUT2D eigenvalue weighted by atomic mass is 9.87. The summed E-state index contributed by atoms with van der Waals surface area (Å²) >= 11 is 5.75. The van der Waals surface area contributed by atoms with Gasteiger partial charge >= 0.3 is 6.18 Å². The highest BCUT2D eigenvalue weighted by molar-refractivity contribution is 6.31. The third-order valence-electron chi connectivity index (χ3n) is 5.73. The monoisotopic (exact) mass is 457 g/mol. The smallest absolute Gasteiger partial charge is 0.417 e. The van der Waals surface area contributed by atoms with Gasteiger partial charge in [-0.1, -0.05) is 37.6 Å². The molecule has 1 fully saturated rings. The van der Waals surface area contributed by atoms with Crippen molar-refractivity contribution in [2.45, 2.75) is 51.7 Å². The number of nitrogens with zero attached hydrogens (tertiary/aromatic N) is 1. The summed E-state index contributed by atoms with van der Waals surface area (Å²) in [7, 11) is 3.21. The molecule has 0 N–H and O–H groups in total. The van der Waals surface area contributed by atoms with Gasteiger partial charge in [0, 0.05) is 6.04 Å². The zero-order valence-electron chi connectivity index (χ0n) is 18.7. The minimum Gasteiger partial charge on any atom is -0.493 e. The van der Waals surface area contributed by atoms with Crippen LogP contribution in [-0.4, -0.2) is 32.2 Å². The van der Waals surface area contributed by atoms with Crippen molar-refractivity contribution in [3.05, 3.63) is 58.1 Å². The summed E-state index contributed by atoms with van der Waals surface area (Å²) in [5, 5.41) is -0.249. The second kappa shape index (κ2) is 11.1. The van der Waals surface area contributed by atoms with E-state index in [-0.39, 0.29) is 17.0 Å². The van der Waals surface area contributed by atoms with Gasteiger partial charge in [0.1, 0.15) is 0 Å². The van der Waals surface area contributed by atoms with Crippen molar-refractivity contribution in [1.29, 1.82) is 0 Å². The first-order valence-electron chi connectivity index (χ1n) is 10.6. The van der Waals surface area contributed by atoms with Crippen LogP contribution in [0.3, 0.4) is 0 Å². The van der Waals surface area contributed by atoms with Crippen LogP contribution >= 0.6 is 11.6 Å². The predicted molar refractivity (Wildman–Crippen MR) is 119 cm³/mol. The van der Waals surface area contributed by atoms with Crippen LogP contribution in [0.25, 0.3) is 0 Å². The molecule has 1 saturated heterocycles. The number of hydrogen-bond acceptors (Lipinski definition) is 3. The SMILES string of the molecule is CC.COc1ccc(C(C)N2CCC(c3ccc(Cl)c(C(F)(F)F)c3)CC2)cc1OC. The summed E-state index contributed by atoms with van der Waals surface area (Å²) in [6.07, 6.45) is -2.83. The molecule has 0 amide bonds. The fourth-order valence-electron chi connectivity index (χ4n) is 3.96. The van der Waals surface area contributed by atoms with Crippen molar-refractivity contribution in [2.24, 2.45) is 0 Å². The first kappa shape index (κ1) is 25.3. The van der Waals surface area contributed by atoms with Gasteiger partial charge < -0.3 is 9.47 Å². The van der Waals surface area contributed by atoms with Crippen molar-refractivity contribution in [1.82, 2.24) is 4.90 Å². The van der Waals surface area contributed by atoms with Gasteiger partial charge in [0.15, 0.2) is 11.5 Å². The minimum absolute atomic E-state index is 0.0993. The van der Waals surface area contributed by atoms with E-state index in [1.165, 1.54) is 12.1 Å². The van der Waals surface area contributed by atoms with Crippen molar-refractivity contribution < 1.29 is 22.6 Å². The number of benzene rings is 2. The van der Waals surface area contributed by atoms with Crippen LogP contribution in [0, 0.1) is 0 Å². The van der Waals surface area contributed by atoms with E-state index >= 15 is 0 Å². The van der Waals surface area contributed by atoms with Gasteiger partial charge in [-0.3, -0.25) is 4.90 Å². The zero-order chi connectivity index (χ0) is 23.2. The van der Waals surface area contributed by atoms with Crippen LogP contribution in [0.1, 0.15) is 62.3 Å².